The monoisotopic (exact) mass is 325 g/mol. The largest absolute Gasteiger partial charge is 0.484 e. The van der Waals surface area contributed by atoms with E-state index in [2.05, 4.69) is 5.32 Å². The third-order valence-corrected chi connectivity index (χ3v) is 3.80. The van der Waals surface area contributed by atoms with Crippen LogP contribution in [0.3, 0.4) is 0 Å². The Morgan fingerprint density at radius 3 is 2.76 bits per heavy atom. The van der Waals surface area contributed by atoms with Crippen molar-refractivity contribution in [2.24, 2.45) is 0 Å². The maximum absolute atomic E-state index is 11.6. The summed E-state index contributed by atoms with van der Waals surface area (Å²) in [6, 6.07) is 8.69. The number of carbonyl (C=O) groups excluding carboxylic acids is 1. The van der Waals surface area contributed by atoms with Gasteiger partial charge in [0.05, 0.1) is 6.10 Å². The number of halogens is 1. The van der Waals surface area contributed by atoms with Crippen LogP contribution in [0.2, 0.25) is 5.02 Å². The highest BCUT2D eigenvalue weighted by molar-refractivity contribution is 7.07. The molecule has 1 atom stereocenters. The Morgan fingerprint density at radius 1 is 1.33 bits per heavy atom. The van der Waals surface area contributed by atoms with Crippen LogP contribution in [0.4, 0.5) is 0 Å². The number of thiophene rings is 1. The molecule has 1 aromatic heterocycles. The molecule has 1 unspecified atom stereocenters. The first kappa shape index (κ1) is 15.8. The third kappa shape index (κ3) is 5.38. The number of aliphatic hydroxyl groups is 1. The van der Waals surface area contributed by atoms with Crippen LogP contribution in [0.1, 0.15) is 18.1 Å². The molecule has 2 aromatic rings. The van der Waals surface area contributed by atoms with Gasteiger partial charge in [-0.2, -0.15) is 11.3 Å². The van der Waals surface area contributed by atoms with Crippen molar-refractivity contribution >= 4 is 28.8 Å². The molecule has 0 radical (unpaired) electrons. The second-order valence-electron chi connectivity index (χ2n) is 4.45. The fraction of sp³-hybridized carbons (Fsp3) is 0.267. The smallest absolute Gasteiger partial charge is 0.257 e. The van der Waals surface area contributed by atoms with E-state index >= 15 is 0 Å². The summed E-state index contributed by atoms with van der Waals surface area (Å²) in [4.78, 5) is 11.6. The van der Waals surface area contributed by atoms with E-state index in [1.54, 1.807) is 24.3 Å². The van der Waals surface area contributed by atoms with Crippen LogP contribution in [0.5, 0.6) is 5.75 Å². The summed E-state index contributed by atoms with van der Waals surface area (Å²) in [5, 5.41) is 17.0. The molecule has 1 aromatic carbocycles. The summed E-state index contributed by atoms with van der Waals surface area (Å²) in [6.45, 7) is 0.343. The number of hydrogen-bond donors (Lipinski definition) is 2. The van der Waals surface area contributed by atoms with Crippen LogP contribution >= 0.6 is 22.9 Å². The Bertz CT molecular complexity index is 557. The molecule has 0 saturated carbocycles. The number of nitrogens with one attached hydrogen (secondary N) is 1. The molecule has 0 aliphatic heterocycles. The van der Waals surface area contributed by atoms with Crippen molar-refractivity contribution < 1.29 is 14.6 Å². The number of aliphatic hydroxyl groups excluding tert-OH is 1. The average molecular weight is 326 g/mol. The third-order valence-electron chi connectivity index (χ3n) is 2.85. The summed E-state index contributed by atoms with van der Waals surface area (Å²) >= 11 is 7.29. The molecule has 0 aliphatic carbocycles. The number of amides is 1. The van der Waals surface area contributed by atoms with Crippen molar-refractivity contribution in [2.45, 2.75) is 12.5 Å². The van der Waals surface area contributed by atoms with E-state index in [4.69, 9.17) is 16.3 Å². The fourth-order valence-electron chi connectivity index (χ4n) is 1.71. The molecule has 2 N–H and O–H groups in total. The van der Waals surface area contributed by atoms with Gasteiger partial charge in [0.25, 0.3) is 5.91 Å². The molecule has 4 nitrogen and oxygen atoms in total. The van der Waals surface area contributed by atoms with E-state index in [1.807, 2.05) is 16.8 Å². The molecule has 112 valence electrons. The van der Waals surface area contributed by atoms with Crippen LogP contribution in [-0.4, -0.2) is 24.2 Å². The highest BCUT2D eigenvalue weighted by Crippen LogP contribution is 2.18. The van der Waals surface area contributed by atoms with Crippen molar-refractivity contribution in [2.75, 3.05) is 13.2 Å². The van der Waals surface area contributed by atoms with Gasteiger partial charge in [-0.25, -0.2) is 0 Å². The normalized spacial score (nSPS) is 11.9. The van der Waals surface area contributed by atoms with Gasteiger partial charge in [0, 0.05) is 11.6 Å². The first-order valence-corrected chi connectivity index (χ1v) is 7.82. The number of benzene rings is 1. The summed E-state index contributed by atoms with van der Waals surface area (Å²) in [6.07, 6.45) is -0.0719. The minimum absolute atomic E-state index is 0.0593. The van der Waals surface area contributed by atoms with Crippen LogP contribution < -0.4 is 10.1 Å². The molecule has 0 saturated heterocycles. The molecule has 2 rings (SSSR count). The van der Waals surface area contributed by atoms with Gasteiger partial charge in [-0.1, -0.05) is 11.6 Å². The molecule has 0 bridgehead atoms. The highest BCUT2D eigenvalue weighted by Gasteiger charge is 2.09. The first-order chi connectivity index (χ1) is 10.1. The Labute approximate surface area is 132 Å². The lowest BCUT2D eigenvalue weighted by Gasteiger charge is -2.10. The molecular weight excluding hydrogens is 310 g/mol. The Kier molecular flexibility index (Phi) is 6.04. The molecule has 21 heavy (non-hydrogen) atoms. The maximum atomic E-state index is 11.6. The number of hydrogen-bond acceptors (Lipinski definition) is 4. The Balaban J connectivity index is 1.64. The SMILES string of the molecule is O=C(COc1ccc(Cl)cc1)NCCC(O)c1ccsc1. The fourth-order valence-corrected chi connectivity index (χ4v) is 2.54. The molecular formula is C15H16ClNO3S. The summed E-state index contributed by atoms with van der Waals surface area (Å²) in [7, 11) is 0. The zero-order valence-electron chi connectivity index (χ0n) is 11.3. The van der Waals surface area contributed by atoms with E-state index in [1.165, 1.54) is 11.3 Å². The standard InChI is InChI=1S/C15H16ClNO3S/c16-12-1-3-13(4-2-12)20-9-15(19)17-7-5-14(18)11-6-8-21-10-11/h1-4,6,8,10,14,18H,5,7,9H2,(H,17,19). The maximum Gasteiger partial charge on any atom is 0.257 e. The Hall–Kier alpha value is -1.56. The highest BCUT2D eigenvalue weighted by atomic mass is 35.5. The second-order valence-corrected chi connectivity index (χ2v) is 5.67. The minimum atomic E-state index is -0.547. The van der Waals surface area contributed by atoms with Gasteiger partial charge in [0.2, 0.25) is 0 Å². The van der Waals surface area contributed by atoms with Gasteiger partial charge in [-0.3, -0.25) is 4.79 Å². The van der Waals surface area contributed by atoms with Crippen molar-refractivity contribution in [1.29, 1.82) is 0 Å². The van der Waals surface area contributed by atoms with E-state index in [9.17, 15) is 9.90 Å². The number of ether oxygens (including phenoxy) is 1. The molecule has 1 amide bonds. The van der Waals surface area contributed by atoms with Crippen molar-refractivity contribution in [3.8, 4) is 5.75 Å². The molecule has 0 spiro atoms. The van der Waals surface area contributed by atoms with Crippen LogP contribution in [0.15, 0.2) is 41.1 Å². The first-order valence-electron chi connectivity index (χ1n) is 6.50. The zero-order valence-corrected chi connectivity index (χ0v) is 12.9. The minimum Gasteiger partial charge on any atom is -0.484 e. The lowest BCUT2D eigenvalue weighted by atomic mass is 10.1. The molecule has 6 heteroatoms. The summed E-state index contributed by atoms with van der Waals surface area (Å²) in [5.41, 5.74) is 0.881. The van der Waals surface area contributed by atoms with Gasteiger partial charge in [0.1, 0.15) is 5.75 Å². The van der Waals surface area contributed by atoms with E-state index in [-0.39, 0.29) is 12.5 Å². The van der Waals surface area contributed by atoms with Crippen molar-refractivity contribution in [1.82, 2.24) is 5.32 Å². The van der Waals surface area contributed by atoms with Crippen LogP contribution in [0.25, 0.3) is 0 Å². The average Bonchev–Trinajstić information content (AvgIpc) is 3.01. The van der Waals surface area contributed by atoms with Gasteiger partial charge in [-0.05, 0) is 53.1 Å². The van der Waals surface area contributed by atoms with Gasteiger partial charge in [-0.15, -0.1) is 0 Å². The van der Waals surface area contributed by atoms with Gasteiger partial charge < -0.3 is 15.2 Å². The predicted molar refractivity (Wildman–Crippen MR) is 83.9 cm³/mol. The Morgan fingerprint density at radius 2 is 2.10 bits per heavy atom. The van der Waals surface area contributed by atoms with Crippen LogP contribution in [0, 0.1) is 0 Å². The van der Waals surface area contributed by atoms with Crippen molar-refractivity contribution in [3.05, 3.63) is 51.7 Å². The van der Waals surface area contributed by atoms with Crippen LogP contribution in [-0.2, 0) is 4.79 Å². The quantitative estimate of drug-likeness (QED) is 0.822. The van der Waals surface area contributed by atoms with Gasteiger partial charge >= 0.3 is 0 Å². The molecule has 1 heterocycles. The van der Waals surface area contributed by atoms with E-state index in [0.29, 0.717) is 23.7 Å². The molecule has 0 aliphatic rings. The number of carbonyl (C=O) groups is 1. The van der Waals surface area contributed by atoms with Gasteiger partial charge in [0.15, 0.2) is 6.61 Å². The molecule has 0 fully saturated rings. The van der Waals surface area contributed by atoms with Crippen molar-refractivity contribution in [3.63, 3.8) is 0 Å². The topological polar surface area (TPSA) is 58.6 Å². The second kappa shape index (κ2) is 8.02. The predicted octanol–water partition coefficient (Wildman–Crippen LogP) is 3.02. The van der Waals surface area contributed by atoms with E-state index < -0.39 is 6.10 Å². The number of rotatable bonds is 7. The zero-order chi connectivity index (χ0) is 15.1. The summed E-state index contributed by atoms with van der Waals surface area (Å²) < 4.78 is 5.32. The lowest BCUT2D eigenvalue weighted by Crippen LogP contribution is -2.30. The van der Waals surface area contributed by atoms with E-state index in [0.717, 1.165) is 5.56 Å². The summed E-state index contributed by atoms with van der Waals surface area (Å²) in [5.74, 6) is 0.371. The lowest BCUT2D eigenvalue weighted by molar-refractivity contribution is -0.123.